The van der Waals surface area contributed by atoms with Gasteiger partial charge in [-0.05, 0) is 36.3 Å². The lowest BCUT2D eigenvalue weighted by molar-refractivity contribution is 0.398. The van der Waals surface area contributed by atoms with E-state index in [1.165, 1.54) is 5.30 Å². The fourth-order valence-electron chi connectivity index (χ4n) is 4.83. The Bertz CT molecular complexity index is 1280. The third-order valence-electron chi connectivity index (χ3n) is 6.51. The van der Waals surface area contributed by atoms with Gasteiger partial charge in [-0.15, -0.1) is 0 Å². The number of ether oxygens (including phenoxy) is 3. The van der Waals surface area contributed by atoms with Crippen molar-refractivity contribution >= 4 is 13.2 Å². The van der Waals surface area contributed by atoms with E-state index in [0.29, 0.717) is 0 Å². The maximum absolute atomic E-state index is 6.22. The van der Waals surface area contributed by atoms with Crippen LogP contribution in [0.2, 0.25) is 0 Å². The molecule has 4 heteroatoms. The molecule has 0 aromatic heterocycles. The van der Waals surface area contributed by atoms with E-state index in [1.54, 1.807) is 14.2 Å². The molecule has 0 fully saturated rings. The van der Waals surface area contributed by atoms with Crippen molar-refractivity contribution in [2.45, 2.75) is 25.9 Å². The first-order valence-corrected chi connectivity index (χ1v) is 13.4. The quantitative estimate of drug-likeness (QED) is 0.270. The number of fused-ring (bicyclic) bond motifs is 1. The molecule has 1 aliphatic heterocycles. The van der Waals surface area contributed by atoms with Gasteiger partial charge in [-0.2, -0.15) is 0 Å². The zero-order chi connectivity index (χ0) is 24.6. The van der Waals surface area contributed by atoms with Crippen LogP contribution >= 0.6 is 7.92 Å². The molecular formula is C31H31O3P. The highest BCUT2D eigenvalue weighted by Gasteiger charge is 2.37. The smallest absolute Gasteiger partial charge is 0.138 e. The van der Waals surface area contributed by atoms with E-state index in [0.717, 1.165) is 57.0 Å². The summed E-state index contributed by atoms with van der Waals surface area (Å²) in [6, 6.07) is 29.4. The van der Waals surface area contributed by atoms with Crippen LogP contribution in [0.1, 0.15) is 20.8 Å². The second kappa shape index (κ2) is 9.40. The minimum absolute atomic E-state index is 0.108. The average Bonchev–Trinajstić information content (AvgIpc) is 3.34. The van der Waals surface area contributed by atoms with Gasteiger partial charge in [-0.3, -0.25) is 0 Å². The third-order valence-corrected chi connectivity index (χ3v) is 9.51. The summed E-state index contributed by atoms with van der Waals surface area (Å²) in [5.41, 5.74) is 6.40. The Morgan fingerprint density at radius 1 is 0.686 bits per heavy atom. The molecule has 178 valence electrons. The first-order chi connectivity index (χ1) is 16.9. The summed E-state index contributed by atoms with van der Waals surface area (Å²) in [6.45, 7) is 6.91. The van der Waals surface area contributed by atoms with Crippen LogP contribution in [0.25, 0.3) is 33.4 Å². The molecule has 1 atom stereocenters. The number of hydrogen-bond donors (Lipinski definition) is 0. The average molecular weight is 483 g/mol. The largest absolute Gasteiger partial charge is 0.495 e. The fraction of sp³-hybridized carbons (Fsp3) is 0.226. The molecule has 0 saturated carbocycles. The maximum Gasteiger partial charge on any atom is 0.138 e. The van der Waals surface area contributed by atoms with Gasteiger partial charge in [0.15, 0.2) is 0 Å². The summed E-state index contributed by atoms with van der Waals surface area (Å²) in [7, 11) is 2.96. The van der Waals surface area contributed by atoms with Crippen molar-refractivity contribution in [2.75, 3.05) is 20.6 Å². The van der Waals surface area contributed by atoms with Crippen LogP contribution in [0.5, 0.6) is 17.2 Å². The standard InChI is InChI=1S/C31H31O3P/c1-31(2,3)35-20-34-26-18-12-17-23(30(26)35)27-28(32-4)24(21-13-8-6-9-14-21)19-25(29(27)33-5)22-15-10-7-11-16-22/h6-19H,20H2,1-5H3/t35-/m1/s1. The van der Waals surface area contributed by atoms with Gasteiger partial charge < -0.3 is 14.2 Å². The van der Waals surface area contributed by atoms with Gasteiger partial charge in [-0.1, -0.05) is 93.6 Å². The van der Waals surface area contributed by atoms with Gasteiger partial charge in [0.25, 0.3) is 0 Å². The molecule has 5 rings (SSSR count). The van der Waals surface area contributed by atoms with E-state index in [2.05, 4.69) is 93.6 Å². The van der Waals surface area contributed by atoms with Crippen LogP contribution in [0, 0.1) is 0 Å². The monoisotopic (exact) mass is 482 g/mol. The molecule has 0 spiro atoms. The molecule has 35 heavy (non-hydrogen) atoms. The molecule has 4 aromatic rings. The van der Waals surface area contributed by atoms with Gasteiger partial charge in [-0.25, -0.2) is 0 Å². The van der Waals surface area contributed by atoms with Crippen molar-refractivity contribution in [3.63, 3.8) is 0 Å². The molecule has 0 aliphatic carbocycles. The number of hydrogen-bond acceptors (Lipinski definition) is 3. The third kappa shape index (κ3) is 4.19. The summed E-state index contributed by atoms with van der Waals surface area (Å²) >= 11 is 0. The van der Waals surface area contributed by atoms with Gasteiger partial charge in [0.1, 0.15) is 23.6 Å². The highest BCUT2D eigenvalue weighted by molar-refractivity contribution is 7.67. The Morgan fingerprint density at radius 2 is 1.23 bits per heavy atom. The van der Waals surface area contributed by atoms with Crippen molar-refractivity contribution in [2.24, 2.45) is 0 Å². The molecule has 0 radical (unpaired) electrons. The van der Waals surface area contributed by atoms with Crippen LogP contribution in [0.3, 0.4) is 0 Å². The van der Waals surface area contributed by atoms with E-state index in [1.807, 2.05) is 12.1 Å². The summed E-state index contributed by atoms with van der Waals surface area (Å²) in [6.07, 6.45) is 0.736. The molecule has 4 aromatic carbocycles. The predicted molar refractivity (Wildman–Crippen MR) is 148 cm³/mol. The summed E-state index contributed by atoms with van der Waals surface area (Å²) < 4.78 is 18.6. The van der Waals surface area contributed by atoms with E-state index in [-0.39, 0.29) is 5.16 Å². The molecule has 0 N–H and O–H groups in total. The van der Waals surface area contributed by atoms with Crippen LogP contribution in [-0.2, 0) is 0 Å². The van der Waals surface area contributed by atoms with Gasteiger partial charge in [0.2, 0.25) is 0 Å². The Kier molecular flexibility index (Phi) is 6.30. The highest BCUT2D eigenvalue weighted by atomic mass is 31.1. The second-order valence-corrected chi connectivity index (χ2v) is 12.6. The van der Waals surface area contributed by atoms with Crippen LogP contribution in [0.15, 0.2) is 84.9 Å². The molecule has 1 heterocycles. The van der Waals surface area contributed by atoms with Crippen LogP contribution in [0.4, 0.5) is 0 Å². The molecule has 0 bridgehead atoms. The van der Waals surface area contributed by atoms with Crippen molar-refractivity contribution in [1.82, 2.24) is 0 Å². The van der Waals surface area contributed by atoms with Crippen LogP contribution < -0.4 is 19.5 Å². The topological polar surface area (TPSA) is 27.7 Å². The van der Waals surface area contributed by atoms with Gasteiger partial charge in [0.05, 0.1) is 19.8 Å². The lowest BCUT2D eigenvalue weighted by atomic mass is 9.90. The highest BCUT2D eigenvalue weighted by Crippen LogP contribution is 2.58. The second-order valence-electron chi connectivity index (χ2n) is 9.67. The Balaban J connectivity index is 1.90. The summed E-state index contributed by atoms with van der Waals surface area (Å²) in [4.78, 5) is 0. The number of rotatable bonds is 5. The zero-order valence-corrected chi connectivity index (χ0v) is 21.9. The normalized spacial score (nSPS) is 14.8. The first-order valence-electron chi connectivity index (χ1n) is 11.9. The minimum atomic E-state index is -0.542. The van der Waals surface area contributed by atoms with E-state index >= 15 is 0 Å². The molecule has 0 saturated heterocycles. The molecular weight excluding hydrogens is 451 g/mol. The van der Waals surface area contributed by atoms with Gasteiger partial charge >= 0.3 is 0 Å². The zero-order valence-electron chi connectivity index (χ0n) is 21.0. The Labute approximate surface area is 209 Å². The summed E-state index contributed by atoms with van der Waals surface area (Å²) in [5.74, 6) is 2.60. The van der Waals surface area contributed by atoms with Crippen molar-refractivity contribution in [1.29, 1.82) is 0 Å². The maximum atomic E-state index is 6.22. The van der Waals surface area contributed by atoms with Crippen LogP contribution in [-0.4, -0.2) is 25.7 Å². The van der Waals surface area contributed by atoms with E-state index in [9.17, 15) is 0 Å². The molecule has 1 aliphatic rings. The Hall–Kier alpha value is -3.29. The summed E-state index contributed by atoms with van der Waals surface area (Å²) in [5, 5.41) is 1.40. The van der Waals surface area contributed by atoms with E-state index in [4.69, 9.17) is 14.2 Å². The van der Waals surface area contributed by atoms with Gasteiger partial charge in [0, 0.05) is 22.0 Å². The van der Waals surface area contributed by atoms with E-state index < -0.39 is 7.92 Å². The lowest BCUT2D eigenvalue weighted by Crippen LogP contribution is -2.19. The number of benzene rings is 4. The van der Waals surface area contributed by atoms with Crippen molar-refractivity contribution < 1.29 is 14.2 Å². The SMILES string of the molecule is COc1c(-c2ccccc2)cc(-c2ccccc2)c(OC)c1-c1cccc2c1[P@](C(C)(C)C)CO2. The Morgan fingerprint density at radius 3 is 1.71 bits per heavy atom. The number of methoxy groups -OCH3 is 2. The van der Waals surface area contributed by atoms with Crippen molar-refractivity contribution in [3.05, 3.63) is 84.9 Å². The first kappa shape index (κ1) is 23.5. The predicted octanol–water partition coefficient (Wildman–Crippen LogP) is 7.96. The fourth-order valence-corrected chi connectivity index (χ4v) is 7.17. The molecule has 3 nitrogen and oxygen atoms in total. The molecule has 0 amide bonds. The van der Waals surface area contributed by atoms with Crippen molar-refractivity contribution in [3.8, 4) is 50.6 Å². The molecule has 0 unspecified atom stereocenters. The minimum Gasteiger partial charge on any atom is -0.495 e. The lowest BCUT2D eigenvalue weighted by Gasteiger charge is -2.29.